The molecule has 0 fully saturated rings. The van der Waals surface area contributed by atoms with Crippen LogP contribution in [0.25, 0.3) is 0 Å². The van der Waals surface area contributed by atoms with Gasteiger partial charge in [-0.15, -0.1) is 11.3 Å². The van der Waals surface area contributed by atoms with Crippen LogP contribution in [0.4, 0.5) is 0 Å². The van der Waals surface area contributed by atoms with E-state index in [0.29, 0.717) is 18.8 Å². The van der Waals surface area contributed by atoms with Crippen LogP contribution in [0.5, 0.6) is 0 Å². The Bertz CT molecular complexity index is 529. The minimum absolute atomic E-state index is 0.0878. The van der Waals surface area contributed by atoms with Crippen LogP contribution in [0.2, 0.25) is 0 Å². The van der Waals surface area contributed by atoms with Gasteiger partial charge in [0.1, 0.15) is 5.69 Å². The van der Waals surface area contributed by atoms with Crippen LogP contribution in [0.3, 0.4) is 0 Å². The van der Waals surface area contributed by atoms with Crippen molar-refractivity contribution >= 4 is 33.2 Å². The number of hydrogen-bond acceptors (Lipinski definition) is 4. The first kappa shape index (κ1) is 13.2. The van der Waals surface area contributed by atoms with Gasteiger partial charge in [-0.25, -0.2) is 4.98 Å². The highest BCUT2D eigenvalue weighted by molar-refractivity contribution is 9.11. The summed E-state index contributed by atoms with van der Waals surface area (Å²) in [5.74, 6) is -0.0878. The summed E-state index contributed by atoms with van der Waals surface area (Å²) < 4.78 is 1.07. The number of amides is 1. The molecule has 4 nitrogen and oxygen atoms in total. The van der Waals surface area contributed by atoms with E-state index in [2.05, 4.69) is 25.9 Å². The second-order valence-corrected chi connectivity index (χ2v) is 6.16. The Morgan fingerprint density at radius 1 is 1.44 bits per heavy atom. The van der Waals surface area contributed by atoms with E-state index >= 15 is 0 Å². The number of halogens is 1. The summed E-state index contributed by atoms with van der Waals surface area (Å²) in [5, 5.41) is 0. The number of thiophene rings is 1. The molecule has 0 unspecified atom stereocenters. The van der Waals surface area contributed by atoms with E-state index in [1.165, 1.54) is 12.4 Å². The average Bonchev–Trinajstić information content (AvgIpc) is 2.82. The summed E-state index contributed by atoms with van der Waals surface area (Å²) in [6.07, 6.45) is 4.58. The number of carbonyl (C=O) groups is 1. The van der Waals surface area contributed by atoms with Crippen LogP contribution in [-0.2, 0) is 6.54 Å². The third-order valence-electron chi connectivity index (χ3n) is 2.43. The zero-order valence-corrected chi connectivity index (χ0v) is 12.2. The molecule has 2 heterocycles. The molecule has 0 bridgehead atoms. The molecule has 0 aromatic carbocycles. The number of rotatable bonds is 4. The number of aromatic nitrogens is 2. The first-order chi connectivity index (χ1) is 8.70. The van der Waals surface area contributed by atoms with Gasteiger partial charge >= 0.3 is 0 Å². The van der Waals surface area contributed by atoms with Gasteiger partial charge in [0.15, 0.2) is 0 Å². The third kappa shape index (κ3) is 3.14. The largest absolute Gasteiger partial charge is 0.332 e. The van der Waals surface area contributed by atoms with E-state index in [1.807, 2.05) is 19.1 Å². The van der Waals surface area contributed by atoms with Crippen molar-refractivity contribution in [3.63, 3.8) is 0 Å². The Kier molecular flexibility index (Phi) is 4.43. The zero-order valence-electron chi connectivity index (χ0n) is 9.84. The predicted molar refractivity (Wildman–Crippen MR) is 74.5 cm³/mol. The van der Waals surface area contributed by atoms with E-state index in [4.69, 9.17) is 0 Å². The molecule has 0 N–H and O–H groups in total. The van der Waals surface area contributed by atoms with Crippen molar-refractivity contribution in [3.8, 4) is 0 Å². The lowest BCUT2D eigenvalue weighted by Gasteiger charge is -2.19. The highest BCUT2D eigenvalue weighted by atomic mass is 79.9. The summed E-state index contributed by atoms with van der Waals surface area (Å²) in [6.45, 7) is 3.20. The lowest BCUT2D eigenvalue weighted by Crippen LogP contribution is -2.30. The number of carbonyl (C=O) groups excluding carboxylic acids is 1. The highest BCUT2D eigenvalue weighted by Gasteiger charge is 2.16. The molecule has 0 saturated heterocycles. The molecule has 2 aromatic rings. The molecular formula is C12H12BrN3OS. The van der Waals surface area contributed by atoms with E-state index < -0.39 is 0 Å². The van der Waals surface area contributed by atoms with Gasteiger partial charge < -0.3 is 4.90 Å². The maximum atomic E-state index is 12.2. The lowest BCUT2D eigenvalue weighted by atomic mass is 10.3. The first-order valence-electron chi connectivity index (χ1n) is 5.50. The quantitative estimate of drug-likeness (QED) is 0.868. The second-order valence-electron chi connectivity index (χ2n) is 3.62. The fourth-order valence-corrected chi connectivity index (χ4v) is 3.02. The molecule has 6 heteroatoms. The SMILES string of the molecule is CCN(Cc1ccc(Br)s1)C(=O)c1cnccn1. The van der Waals surface area contributed by atoms with Crippen molar-refractivity contribution in [2.24, 2.45) is 0 Å². The van der Waals surface area contributed by atoms with Crippen molar-refractivity contribution in [2.45, 2.75) is 13.5 Å². The minimum atomic E-state index is -0.0878. The standard InChI is InChI=1S/C12H12BrN3OS/c1-2-16(8-9-3-4-11(13)18-9)12(17)10-7-14-5-6-15-10/h3-7H,2,8H2,1H3. The molecule has 0 radical (unpaired) electrons. The molecule has 0 aliphatic carbocycles. The van der Waals surface area contributed by atoms with Crippen LogP contribution in [0, 0.1) is 0 Å². The molecule has 2 rings (SSSR count). The molecule has 94 valence electrons. The first-order valence-corrected chi connectivity index (χ1v) is 7.11. The van der Waals surface area contributed by atoms with Crippen molar-refractivity contribution in [3.05, 3.63) is 45.1 Å². The van der Waals surface area contributed by atoms with Crippen molar-refractivity contribution < 1.29 is 4.79 Å². The van der Waals surface area contributed by atoms with E-state index in [1.54, 1.807) is 22.4 Å². The Balaban J connectivity index is 2.12. The van der Waals surface area contributed by atoms with Crippen LogP contribution in [-0.4, -0.2) is 27.3 Å². The van der Waals surface area contributed by atoms with Gasteiger partial charge in [-0.05, 0) is 35.0 Å². The molecule has 18 heavy (non-hydrogen) atoms. The van der Waals surface area contributed by atoms with Crippen LogP contribution in [0.1, 0.15) is 22.3 Å². The molecule has 0 atom stereocenters. The van der Waals surface area contributed by atoms with Crippen molar-refractivity contribution in [2.75, 3.05) is 6.54 Å². The Labute approximate surface area is 118 Å². The molecular weight excluding hydrogens is 314 g/mol. The molecule has 0 aliphatic rings. The molecule has 0 spiro atoms. The van der Waals surface area contributed by atoms with Gasteiger partial charge in [-0.2, -0.15) is 0 Å². The fraction of sp³-hybridized carbons (Fsp3) is 0.250. The summed E-state index contributed by atoms with van der Waals surface area (Å²) in [6, 6.07) is 4.00. The molecule has 0 saturated carbocycles. The highest BCUT2D eigenvalue weighted by Crippen LogP contribution is 2.23. The van der Waals surface area contributed by atoms with E-state index in [0.717, 1.165) is 8.66 Å². The molecule has 2 aromatic heterocycles. The van der Waals surface area contributed by atoms with Crippen LogP contribution >= 0.6 is 27.3 Å². The molecule has 0 aliphatic heterocycles. The Morgan fingerprint density at radius 2 is 2.28 bits per heavy atom. The summed E-state index contributed by atoms with van der Waals surface area (Å²) in [5.41, 5.74) is 0.384. The van der Waals surface area contributed by atoms with E-state index in [-0.39, 0.29) is 5.91 Å². The maximum Gasteiger partial charge on any atom is 0.274 e. The normalized spacial score (nSPS) is 10.3. The van der Waals surface area contributed by atoms with Crippen LogP contribution < -0.4 is 0 Å². The Morgan fingerprint density at radius 3 is 2.83 bits per heavy atom. The Hall–Kier alpha value is -1.27. The third-order valence-corrected chi connectivity index (χ3v) is 4.04. The summed E-state index contributed by atoms with van der Waals surface area (Å²) in [4.78, 5) is 23.0. The van der Waals surface area contributed by atoms with Crippen LogP contribution in [0.15, 0.2) is 34.5 Å². The van der Waals surface area contributed by atoms with Gasteiger partial charge in [-0.1, -0.05) is 0 Å². The summed E-state index contributed by atoms with van der Waals surface area (Å²) >= 11 is 5.05. The summed E-state index contributed by atoms with van der Waals surface area (Å²) in [7, 11) is 0. The monoisotopic (exact) mass is 325 g/mol. The maximum absolute atomic E-state index is 12.2. The van der Waals surface area contributed by atoms with Gasteiger partial charge in [0.25, 0.3) is 5.91 Å². The van der Waals surface area contributed by atoms with Gasteiger partial charge in [0.05, 0.1) is 16.5 Å². The molecule has 1 amide bonds. The number of nitrogens with zero attached hydrogens (tertiary/aromatic N) is 3. The van der Waals surface area contributed by atoms with Gasteiger partial charge in [0, 0.05) is 23.8 Å². The van der Waals surface area contributed by atoms with Gasteiger partial charge in [0.2, 0.25) is 0 Å². The van der Waals surface area contributed by atoms with Gasteiger partial charge in [-0.3, -0.25) is 9.78 Å². The van der Waals surface area contributed by atoms with Crippen molar-refractivity contribution in [1.29, 1.82) is 0 Å². The zero-order chi connectivity index (χ0) is 13.0. The number of hydrogen-bond donors (Lipinski definition) is 0. The average molecular weight is 326 g/mol. The smallest absolute Gasteiger partial charge is 0.274 e. The minimum Gasteiger partial charge on any atom is -0.332 e. The second kappa shape index (κ2) is 6.06. The fourth-order valence-electron chi connectivity index (χ4n) is 1.52. The van der Waals surface area contributed by atoms with Crippen molar-refractivity contribution in [1.82, 2.24) is 14.9 Å². The predicted octanol–water partition coefficient (Wildman–Crippen LogP) is 2.96. The van der Waals surface area contributed by atoms with E-state index in [9.17, 15) is 4.79 Å². The topological polar surface area (TPSA) is 46.1 Å². The lowest BCUT2D eigenvalue weighted by molar-refractivity contribution is 0.0748.